The van der Waals surface area contributed by atoms with Gasteiger partial charge in [-0.1, -0.05) is 48.2 Å². The molecule has 5 nitrogen and oxygen atoms in total. The second-order valence-electron chi connectivity index (χ2n) is 7.72. The SMILES string of the molecule is CC1Cc2ccccc2N1C(=O)CSc1nnc(-c2ccc(F)cc2)n1-c1ccccc1. The number of hydrogen-bond donors (Lipinski definition) is 0. The van der Waals surface area contributed by atoms with Gasteiger partial charge in [0.1, 0.15) is 5.82 Å². The predicted octanol–water partition coefficient (Wildman–Crippen LogP) is 5.14. The summed E-state index contributed by atoms with van der Waals surface area (Å²) < 4.78 is 15.3. The molecule has 5 rings (SSSR count). The fourth-order valence-corrected chi connectivity index (χ4v) is 4.91. The predicted molar refractivity (Wildman–Crippen MR) is 125 cm³/mol. The van der Waals surface area contributed by atoms with Gasteiger partial charge in [-0.25, -0.2) is 4.39 Å². The third-order valence-corrected chi connectivity index (χ3v) is 6.46. The van der Waals surface area contributed by atoms with Gasteiger partial charge in [-0.05, 0) is 61.4 Å². The van der Waals surface area contributed by atoms with Crippen molar-refractivity contribution in [3.8, 4) is 17.1 Å². The first-order valence-corrected chi connectivity index (χ1v) is 11.4. The van der Waals surface area contributed by atoms with Gasteiger partial charge in [-0.3, -0.25) is 9.36 Å². The van der Waals surface area contributed by atoms with E-state index in [-0.39, 0.29) is 23.5 Å². The molecule has 2 heterocycles. The van der Waals surface area contributed by atoms with Crippen LogP contribution in [0.5, 0.6) is 0 Å². The fourth-order valence-electron chi connectivity index (χ4n) is 4.10. The molecular weight excluding hydrogens is 423 g/mol. The van der Waals surface area contributed by atoms with Crippen LogP contribution in [0.15, 0.2) is 84.0 Å². The molecule has 1 amide bonds. The number of thioether (sulfide) groups is 1. The Morgan fingerprint density at radius 1 is 1.00 bits per heavy atom. The molecule has 160 valence electrons. The second-order valence-corrected chi connectivity index (χ2v) is 8.66. The van der Waals surface area contributed by atoms with Crippen LogP contribution >= 0.6 is 11.8 Å². The average Bonchev–Trinajstić information content (AvgIpc) is 3.39. The van der Waals surface area contributed by atoms with Crippen LogP contribution in [-0.4, -0.2) is 32.5 Å². The maximum absolute atomic E-state index is 13.4. The molecule has 0 bridgehead atoms. The normalized spacial score (nSPS) is 15.1. The van der Waals surface area contributed by atoms with Crippen molar-refractivity contribution in [3.05, 3.63) is 90.2 Å². The Balaban J connectivity index is 1.44. The molecule has 3 aromatic carbocycles. The molecule has 1 atom stereocenters. The Labute approximate surface area is 189 Å². The Morgan fingerprint density at radius 2 is 1.72 bits per heavy atom. The van der Waals surface area contributed by atoms with Gasteiger partial charge in [-0.15, -0.1) is 10.2 Å². The smallest absolute Gasteiger partial charge is 0.237 e. The first-order valence-electron chi connectivity index (χ1n) is 10.4. The second kappa shape index (κ2) is 8.59. The van der Waals surface area contributed by atoms with Gasteiger partial charge in [0.05, 0.1) is 5.75 Å². The first kappa shape index (κ1) is 20.5. The number of para-hydroxylation sites is 2. The third kappa shape index (κ3) is 3.80. The van der Waals surface area contributed by atoms with Crippen molar-refractivity contribution in [2.75, 3.05) is 10.7 Å². The van der Waals surface area contributed by atoms with E-state index in [0.717, 1.165) is 23.4 Å². The Bertz CT molecular complexity index is 1260. The number of nitrogens with zero attached hydrogens (tertiary/aromatic N) is 4. The Morgan fingerprint density at radius 3 is 2.50 bits per heavy atom. The molecule has 4 aromatic rings. The van der Waals surface area contributed by atoms with Gasteiger partial charge in [-0.2, -0.15) is 0 Å². The van der Waals surface area contributed by atoms with E-state index in [1.54, 1.807) is 12.1 Å². The molecule has 1 aliphatic heterocycles. The number of carbonyl (C=O) groups is 1. The highest BCUT2D eigenvalue weighted by Gasteiger charge is 2.30. The summed E-state index contributed by atoms with van der Waals surface area (Å²) in [6, 6.07) is 24.1. The van der Waals surface area contributed by atoms with Crippen molar-refractivity contribution in [3.63, 3.8) is 0 Å². The molecule has 0 spiro atoms. The maximum atomic E-state index is 13.4. The summed E-state index contributed by atoms with van der Waals surface area (Å²) in [6.07, 6.45) is 0.863. The maximum Gasteiger partial charge on any atom is 0.237 e. The molecule has 0 radical (unpaired) electrons. The lowest BCUT2D eigenvalue weighted by molar-refractivity contribution is -0.116. The van der Waals surface area contributed by atoms with E-state index in [1.807, 2.05) is 58.0 Å². The summed E-state index contributed by atoms with van der Waals surface area (Å²) in [4.78, 5) is 15.0. The number of carbonyl (C=O) groups excluding carboxylic acids is 1. The highest BCUT2D eigenvalue weighted by Crippen LogP contribution is 2.33. The van der Waals surface area contributed by atoms with Gasteiger partial charge in [0.15, 0.2) is 11.0 Å². The molecule has 0 saturated carbocycles. The highest BCUT2D eigenvalue weighted by molar-refractivity contribution is 7.99. The number of amides is 1. The fraction of sp³-hybridized carbons (Fsp3) is 0.160. The topological polar surface area (TPSA) is 51.0 Å². The zero-order chi connectivity index (χ0) is 22.1. The van der Waals surface area contributed by atoms with Crippen molar-refractivity contribution in [2.45, 2.75) is 24.5 Å². The Kier molecular flexibility index (Phi) is 5.49. The third-order valence-electron chi connectivity index (χ3n) is 5.55. The summed E-state index contributed by atoms with van der Waals surface area (Å²) in [7, 11) is 0. The summed E-state index contributed by atoms with van der Waals surface area (Å²) >= 11 is 1.36. The minimum atomic E-state index is -0.306. The molecule has 0 N–H and O–H groups in total. The van der Waals surface area contributed by atoms with Gasteiger partial charge in [0.2, 0.25) is 5.91 Å². The number of benzene rings is 3. The van der Waals surface area contributed by atoms with Crippen LogP contribution in [-0.2, 0) is 11.2 Å². The monoisotopic (exact) mass is 444 g/mol. The van der Waals surface area contributed by atoms with Crippen molar-refractivity contribution in [1.82, 2.24) is 14.8 Å². The lowest BCUT2D eigenvalue weighted by atomic mass is 10.1. The quantitative estimate of drug-likeness (QED) is 0.400. The van der Waals surface area contributed by atoms with Crippen LogP contribution in [0.3, 0.4) is 0 Å². The van der Waals surface area contributed by atoms with Crippen molar-refractivity contribution in [2.24, 2.45) is 0 Å². The summed E-state index contributed by atoms with van der Waals surface area (Å²) in [5.74, 6) is 0.580. The number of rotatable bonds is 5. The summed E-state index contributed by atoms with van der Waals surface area (Å²) in [5.41, 5.74) is 3.82. The van der Waals surface area contributed by atoms with Crippen LogP contribution < -0.4 is 4.90 Å². The van der Waals surface area contributed by atoms with E-state index in [9.17, 15) is 9.18 Å². The minimum absolute atomic E-state index is 0.0402. The van der Waals surface area contributed by atoms with E-state index in [2.05, 4.69) is 23.2 Å². The van der Waals surface area contributed by atoms with Crippen molar-refractivity contribution in [1.29, 1.82) is 0 Å². The largest absolute Gasteiger partial charge is 0.308 e. The lowest BCUT2D eigenvalue weighted by Crippen LogP contribution is -2.37. The van der Waals surface area contributed by atoms with Crippen molar-refractivity contribution < 1.29 is 9.18 Å². The molecule has 0 saturated heterocycles. The van der Waals surface area contributed by atoms with E-state index < -0.39 is 0 Å². The molecule has 1 unspecified atom stereocenters. The molecule has 0 fully saturated rings. The van der Waals surface area contributed by atoms with Crippen LogP contribution in [0.4, 0.5) is 10.1 Å². The van der Waals surface area contributed by atoms with Crippen LogP contribution in [0.2, 0.25) is 0 Å². The number of anilines is 1. The van der Waals surface area contributed by atoms with E-state index in [4.69, 9.17) is 0 Å². The van der Waals surface area contributed by atoms with E-state index in [0.29, 0.717) is 11.0 Å². The van der Waals surface area contributed by atoms with Crippen LogP contribution in [0, 0.1) is 5.82 Å². The molecule has 7 heteroatoms. The molecule has 0 aliphatic carbocycles. The van der Waals surface area contributed by atoms with Crippen LogP contribution in [0.1, 0.15) is 12.5 Å². The zero-order valence-corrected chi connectivity index (χ0v) is 18.3. The molecule has 1 aromatic heterocycles. The van der Waals surface area contributed by atoms with Crippen LogP contribution in [0.25, 0.3) is 17.1 Å². The molecular formula is C25H21FN4OS. The van der Waals surface area contributed by atoms with Gasteiger partial charge in [0.25, 0.3) is 0 Å². The average molecular weight is 445 g/mol. The zero-order valence-electron chi connectivity index (χ0n) is 17.5. The van der Waals surface area contributed by atoms with E-state index >= 15 is 0 Å². The number of hydrogen-bond acceptors (Lipinski definition) is 4. The highest BCUT2D eigenvalue weighted by atomic mass is 32.2. The number of aromatic nitrogens is 3. The Hall–Kier alpha value is -3.45. The summed E-state index contributed by atoms with van der Waals surface area (Å²) in [5, 5.41) is 9.34. The van der Waals surface area contributed by atoms with E-state index in [1.165, 1.54) is 29.5 Å². The standard InChI is InChI=1S/C25H21FN4OS/c1-17-15-19-7-5-6-10-22(19)29(17)23(31)16-32-25-28-27-24(18-11-13-20(26)14-12-18)30(25)21-8-3-2-4-9-21/h2-14,17H,15-16H2,1H3. The number of halogens is 1. The number of fused-ring (bicyclic) bond motifs is 1. The minimum Gasteiger partial charge on any atom is -0.308 e. The molecule has 1 aliphatic rings. The first-order chi connectivity index (χ1) is 15.6. The van der Waals surface area contributed by atoms with Crippen molar-refractivity contribution >= 4 is 23.4 Å². The van der Waals surface area contributed by atoms with Gasteiger partial charge < -0.3 is 4.90 Å². The van der Waals surface area contributed by atoms with Gasteiger partial charge >= 0.3 is 0 Å². The summed E-state index contributed by atoms with van der Waals surface area (Å²) in [6.45, 7) is 2.07. The lowest BCUT2D eigenvalue weighted by Gasteiger charge is -2.22. The molecule has 32 heavy (non-hydrogen) atoms. The van der Waals surface area contributed by atoms with Gasteiger partial charge in [0, 0.05) is 23.0 Å².